The van der Waals surface area contributed by atoms with Gasteiger partial charge in [0.25, 0.3) is 0 Å². The molecule has 0 saturated carbocycles. The van der Waals surface area contributed by atoms with Crippen molar-refractivity contribution in [1.82, 2.24) is 24.5 Å². The minimum absolute atomic E-state index is 0.0567. The van der Waals surface area contributed by atoms with Crippen LogP contribution in [0.1, 0.15) is 36.2 Å². The van der Waals surface area contributed by atoms with Gasteiger partial charge in [-0.05, 0) is 19.9 Å². The Morgan fingerprint density at radius 2 is 2.10 bits per heavy atom. The first-order chi connectivity index (χ1) is 10.1. The quantitative estimate of drug-likeness (QED) is 0.792. The minimum atomic E-state index is -1.03. The molecule has 1 aromatic carbocycles. The van der Waals surface area contributed by atoms with Crippen LogP contribution in [-0.4, -0.2) is 35.6 Å². The lowest BCUT2D eigenvalue weighted by Gasteiger charge is -2.09. The van der Waals surface area contributed by atoms with Crippen molar-refractivity contribution >= 4 is 16.9 Å². The van der Waals surface area contributed by atoms with E-state index in [0.29, 0.717) is 11.9 Å². The summed E-state index contributed by atoms with van der Waals surface area (Å²) >= 11 is 0. The molecule has 0 radical (unpaired) electrons. The van der Waals surface area contributed by atoms with E-state index in [1.807, 2.05) is 26.0 Å². The standard InChI is InChI=1S/C14H15N5O2/c1-9(2)19-12(15-8-16-19)7-18-11-6-4-3-5-10(11)13(17-18)14(20)21/h3-6,8-9H,7H2,1-2H3,(H,20,21). The molecule has 0 bridgehead atoms. The molecule has 2 heterocycles. The predicted octanol–water partition coefficient (Wildman–Crippen LogP) is 1.96. The fourth-order valence-electron chi connectivity index (χ4n) is 2.36. The molecule has 0 unspecified atom stereocenters. The highest BCUT2D eigenvalue weighted by molar-refractivity contribution is 6.01. The van der Waals surface area contributed by atoms with Crippen LogP contribution in [0.15, 0.2) is 30.6 Å². The molecule has 0 fully saturated rings. The van der Waals surface area contributed by atoms with Crippen molar-refractivity contribution in [3.63, 3.8) is 0 Å². The first kappa shape index (κ1) is 13.3. The molecule has 0 spiro atoms. The van der Waals surface area contributed by atoms with Gasteiger partial charge in [0.2, 0.25) is 0 Å². The summed E-state index contributed by atoms with van der Waals surface area (Å²) in [5.41, 5.74) is 0.828. The molecule has 3 rings (SSSR count). The topological polar surface area (TPSA) is 85.8 Å². The number of nitrogens with zero attached hydrogens (tertiary/aromatic N) is 5. The van der Waals surface area contributed by atoms with Crippen LogP contribution in [0.5, 0.6) is 0 Å². The maximum Gasteiger partial charge on any atom is 0.357 e. The van der Waals surface area contributed by atoms with Crippen LogP contribution in [0.2, 0.25) is 0 Å². The van der Waals surface area contributed by atoms with E-state index in [4.69, 9.17) is 0 Å². The van der Waals surface area contributed by atoms with Gasteiger partial charge in [-0.25, -0.2) is 14.5 Å². The summed E-state index contributed by atoms with van der Waals surface area (Å²) in [6.45, 7) is 4.41. The van der Waals surface area contributed by atoms with E-state index in [-0.39, 0.29) is 11.7 Å². The number of carbonyl (C=O) groups is 1. The molecule has 7 heteroatoms. The SMILES string of the molecule is CC(C)n1ncnc1Cn1nc(C(=O)O)c2ccccc21. The average Bonchev–Trinajstić information content (AvgIpc) is 3.04. The molecule has 2 aromatic heterocycles. The van der Waals surface area contributed by atoms with Crippen molar-refractivity contribution in [2.24, 2.45) is 0 Å². The van der Waals surface area contributed by atoms with E-state index >= 15 is 0 Å². The van der Waals surface area contributed by atoms with Crippen molar-refractivity contribution < 1.29 is 9.90 Å². The van der Waals surface area contributed by atoms with Gasteiger partial charge in [0.15, 0.2) is 5.69 Å². The summed E-state index contributed by atoms with van der Waals surface area (Å²) in [6.07, 6.45) is 1.50. The van der Waals surface area contributed by atoms with Crippen LogP contribution >= 0.6 is 0 Å². The molecule has 0 saturated heterocycles. The summed E-state index contributed by atoms with van der Waals surface area (Å²) in [5, 5.41) is 18.3. The Bertz CT molecular complexity index is 803. The smallest absolute Gasteiger partial charge is 0.357 e. The van der Waals surface area contributed by atoms with Gasteiger partial charge in [-0.15, -0.1) is 0 Å². The fraction of sp³-hybridized carbons (Fsp3) is 0.286. The fourth-order valence-corrected chi connectivity index (χ4v) is 2.36. The minimum Gasteiger partial charge on any atom is -0.476 e. The van der Waals surface area contributed by atoms with Crippen molar-refractivity contribution in [1.29, 1.82) is 0 Å². The Morgan fingerprint density at radius 3 is 2.81 bits per heavy atom. The summed E-state index contributed by atoms with van der Waals surface area (Å²) in [5.74, 6) is -0.287. The van der Waals surface area contributed by atoms with Gasteiger partial charge < -0.3 is 5.11 Å². The Hall–Kier alpha value is -2.70. The lowest BCUT2D eigenvalue weighted by molar-refractivity contribution is 0.0691. The lowest BCUT2D eigenvalue weighted by atomic mass is 10.2. The van der Waals surface area contributed by atoms with Crippen LogP contribution in [0.25, 0.3) is 10.9 Å². The zero-order chi connectivity index (χ0) is 15.0. The predicted molar refractivity (Wildman–Crippen MR) is 76.2 cm³/mol. The highest BCUT2D eigenvalue weighted by atomic mass is 16.4. The summed E-state index contributed by atoms with van der Waals surface area (Å²) in [7, 11) is 0. The highest BCUT2D eigenvalue weighted by Crippen LogP contribution is 2.19. The average molecular weight is 285 g/mol. The number of aromatic carboxylic acids is 1. The van der Waals surface area contributed by atoms with E-state index in [0.717, 1.165) is 11.3 Å². The number of hydrogen-bond acceptors (Lipinski definition) is 4. The first-order valence-electron chi connectivity index (χ1n) is 6.65. The molecule has 0 atom stereocenters. The van der Waals surface area contributed by atoms with E-state index in [9.17, 15) is 9.90 Å². The summed E-state index contributed by atoms with van der Waals surface area (Å²) in [4.78, 5) is 15.5. The molecule has 0 aliphatic rings. The molecular weight excluding hydrogens is 270 g/mol. The summed E-state index contributed by atoms with van der Waals surface area (Å²) < 4.78 is 3.46. The molecular formula is C14H15N5O2. The van der Waals surface area contributed by atoms with Crippen LogP contribution in [0.3, 0.4) is 0 Å². The summed E-state index contributed by atoms with van der Waals surface area (Å²) in [6, 6.07) is 7.46. The van der Waals surface area contributed by atoms with E-state index in [2.05, 4.69) is 15.2 Å². The van der Waals surface area contributed by atoms with Crippen LogP contribution < -0.4 is 0 Å². The van der Waals surface area contributed by atoms with Gasteiger partial charge in [0.05, 0.1) is 5.52 Å². The number of carboxylic acids is 1. The maximum atomic E-state index is 11.3. The van der Waals surface area contributed by atoms with Gasteiger partial charge in [-0.1, -0.05) is 18.2 Å². The van der Waals surface area contributed by atoms with Crippen LogP contribution in [0.4, 0.5) is 0 Å². The number of fused-ring (bicyclic) bond motifs is 1. The van der Waals surface area contributed by atoms with E-state index in [1.54, 1.807) is 21.5 Å². The Balaban J connectivity index is 2.09. The molecule has 3 aromatic rings. The molecule has 21 heavy (non-hydrogen) atoms. The van der Waals surface area contributed by atoms with Crippen LogP contribution in [0, 0.1) is 0 Å². The maximum absolute atomic E-state index is 11.3. The molecule has 0 aliphatic carbocycles. The zero-order valence-electron chi connectivity index (χ0n) is 11.8. The number of benzene rings is 1. The number of aromatic nitrogens is 5. The molecule has 7 nitrogen and oxygen atoms in total. The number of carboxylic acid groups (broad SMARTS) is 1. The lowest BCUT2D eigenvalue weighted by Crippen LogP contribution is -2.13. The van der Waals surface area contributed by atoms with E-state index < -0.39 is 5.97 Å². The largest absolute Gasteiger partial charge is 0.476 e. The van der Waals surface area contributed by atoms with Gasteiger partial charge in [0, 0.05) is 11.4 Å². The number of para-hydroxylation sites is 1. The second kappa shape index (κ2) is 5.01. The molecule has 0 aliphatic heterocycles. The van der Waals surface area contributed by atoms with Crippen molar-refractivity contribution in [3.05, 3.63) is 42.1 Å². The normalized spacial score (nSPS) is 11.4. The van der Waals surface area contributed by atoms with Gasteiger partial charge in [-0.3, -0.25) is 4.68 Å². The Labute approximate surface area is 120 Å². The van der Waals surface area contributed by atoms with Crippen molar-refractivity contribution in [2.75, 3.05) is 0 Å². The third-order valence-corrected chi connectivity index (χ3v) is 3.29. The third kappa shape index (κ3) is 2.26. The first-order valence-corrected chi connectivity index (χ1v) is 6.65. The Morgan fingerprint density at radius 1 is 1.33 bits per heavy atom. The zero-order valence-corrected chi connectivity index (χ0v) is 11.8. The molecule has 0 amide bonds. The monoisotopic (exact) mass is 285 g/mol. The van der Waals surface area contributed by atoms with Crippen molar-refractivity contribution in [3.8, 4) is 0 Å². The van der Waals surface area contributed by atoms with Crippen molar-refractivity contribution in [2.45, 2.75) is 26.4 Å². The second-order valence-corrected chi connectivity index (χ2v) is 5.04. The third-order valence-electron chi connectivity index (χ3n) is 3.29. The molecule has 1 N–H and O–H groups in total. The highest BCUT2D eigenvalue weighted by Gasteiger charge is 2.17. The Kier molecular flexibility index (Phi) is 3.17. The second-order valence-electron chi connectivity index (χ2n) is 5.04. The van der Waals surface area contributed by atoms with Gasteiger partial charge in [0.1, 0.15) is 18.7 Å². The number of rotatable bonds is 4. The van der Waals surface area contributed by atoms with Crippen LogP contribution in [-0.2, 0) is 6.54 Å². The molecule has 108 valence electrons. The number of hydrogen-bond donors (Lipinski definition) is 1. The van der Waals surface area contributed by atoms with E-state index in [1.165, 1.54) is 6.33 Å². The van der Waals surface area contributed by atoms with Gasteiger partial charge >= 0.3 is 5.97 Å². The van der Waals surface area contributed by atoms with Gasteiger partial charge in [-0.2, -0.15) is 10.2 Å².